The SMILES string of the molecule is CCN1Cc2ccc(-c3cccnc3C)cc2-c2cnccc2C1=O. The van der Waals surface area contributed by atoms with Gasteiger partial charge in [-0.1, -0.05) is 18.2 Å². The summed E-state index contributed by atoms with van der Waals surface area (Å²) in [6, 6.07) is 12.2. The molecule has 0 N–H and O–H groups in total. The summed E-state index contributed by atoms with van der Waals surface area (Å²) < 4.78 is 0. The van der Waals surface area contributed by atoms with Gasteiger partial charge in [0.1, 0.15) is 0 Å². The molecule has 0 aliphatic carbocycles. The number of pyridine rings is 2. The maximum absolute atomic E-state index is 12.8. The van der Waals surface area contributed by atoms with Crippen LogP contribution in [0.5, 0.6) is 0 Å². The molecule has 1 amide bonds. The average molecular weight is 329 g/mol. The van der Waals surface area contributed by atoms with Crippen molar-refractivity contribution in [3.63, 3.8) is 0 Å². The molecule has 0 radical (unpaired) electrons. The minimum atomic E-state index is 0.0650. The Bertz CT molecular complexity index is 965. The van der Waals surface area contributed by atoms with Crippen LogP contribution in [0.1, 0.15) is 28.5 Å². The van der Waals surface area contributed by atoms with Crippen LogP contribution in [-0.2, 0) is 6.54 Å². The first-order chi connectivity index (χ1) is 12.2. The highest BCUT2D eigenvalue weighted by Gasteiger charge is 2.25. The molecule has 3 aromatic rings. The van der Waals surface area contributed by atoms with Crippen LogP contribution in [0.4, 0.5) is 0 Å². The first-order valence-corrected chi connectivity index (χ1v) is 8.47. The lowest BCUT2D eigenvalue weighted by Gasteiger charge is -2.19. The first kappa shape index (κ1) is 15.5. The summed E-state index contributed by atoms with van der Waals surface area (Å²) >= 11 is 0. The monoisotopic (exact) mass is 329 g/mol. The highest BCUT2D eigenvalue weighted by Crippen LogP contribution is 2.35. The summed E-state index contributed by atoms with van der Waals surface area (Å²) in [5.41, 5.74) is 7.06. The van der Waals surface area contributed by atoms with Crippen molar-refractivity contribution in [1.29, 1.82) is 0 Å². The van der Waals surface area contributed by atoms with Gasteiger partial charge in [-0.3, -0.25) is 14.8 Å². The second-order valence-electron chi connectivity index (χ2n) is 6.25. The fourth-order valence-corrected chi connectivity index (χ4v) is 3.42. The third kappa shape index (κ3) is 2.60. The quantitative estimate of drug-likeness (QED) is 0.711. The van der Waals surface area contributed by atoms with Crippen LogP contribution >= 0.6 is 0 Å². The molecule has 0 atom stereocenters. The fourth-order valence-electron chi connectivity index (χ4n) is 3.42. The molecule has 0 saturated heterocycles. The lowest BCUT2D eigenvalue weighted by atomic mass is 9.93. The minimum Gasteiger partial charge on any atom is -0.335 e. The molecular weight excluding hydrogens is 310 g/mol. The zero-order valence-electron chi connectivity index (χ0n) is 14.4. The number of nitrogens with zero attached hydrogens (tertiary/aromatic N) is 3. The number of hydrogen-bond acceptors (Lipinski definition) is 3. The van der Waals surface area contributed by atoms with E-state index in [-0.39, 0.29) is 5.91 Å². The van der Waals surface area contributed by atoms with Crippen molar-refractivity contribution in [3.05, 3.63) is 71.8 Å². The van der Waals surface area contributed by atoms with Crippen LogP contribution in [0.3, 0.4) is 0 Å². The summed E-state index contributed by atoms with van der Waals surface area (Å²) in [5.74, 6) is 0.0650. The van der Waals surface area contributed by atoms with Crippen molar-refractivity contribution in [2.24, 2.45) is 0 Å². The Morgan fingerprint density at radius 3 is 2.72 bits per heavy atom. The van der Waals surface area contributed by atoms with Gasteiger partial charge < -0.3 is 4.90 Å². The Labute approximate surface area is 147 Å². The zero-order chi connectivity index (χ0) is 17.4. The summed E-state index contributed by atoms with van der Waals surface area (Å²) in [6.07, 6.45) is 5.29. The van der Waals surface area contributed by atoms with E-state index in [9.17, 15) is 4.79 Å². The predicted molar refractivity (Wildman–Crippen MR) is 98.1 cm³/mol. The molecule has 1 aromatic carbocycles. The van der Waals surface area contributed by atoms with Crippen LogP contribution in [0.25, 0.3) is 22.3 Å². The molecule has 1 aliphatic heterocycles. The van der Waals surface area contributed by atoms with Gasteiger partial charge in [0, 0.05) is 48.5 Å². The summed E-state index contributed by atoms with van der Waals surface area (Å²) in [4.78, 5) is 23.4. The topological polar surface area (TPSA) is 46.1 Å². The standard InChI is InChI=1S/C21H19N3O/c1-3-24-13-16-7-6-15(17-5-4-9-23-14(17)2)11-19(16)20-12-22-10-8-18(20)21(24)25/h4-12H,3,13H2,1-2H3. The third-order valence-corrected chi connectivity index (χ3v) is 4.80. The van der Waals surface area contributed by atoms with E-state index in [1.807, 2.05) is 30.9 Å². The number of hydrogen-bond donors (Lipinski definition) is 0. The maximum Gasteiger partial charge on any atom is 0.254 e. The molecule has 3 heterocycles. The van der Waals surface area contributed by atoms with Crippen LogP contribution < -0.4 is 0 Å². The van der Waals surface area contributed by atoms with Gasteiger partial charge in [-0.15, -0.1) is 0 Å². The van der Waals surface area contributed by atoms with Gasteiger partial charge in [0.2, 0.25) is 0 Å². The van der Waals surface area contributed by atoms with E-state index in [0.29, 0.717) is 13.1 Å². The van der Waals surface area contributed by atoms with E-state index < -0.39 is 0 Å². The predicted octanol–water partition coefficient (Wildman–Crippen LogP) is 4.09. The molecule has 25 heavy (non-hydrogen) atoms. The Morgan fingerprint density at radius 2 is 1.92 bits per heavy atom. The number of rotatable bonds is 2. The van der Waals surface area contributed by atoms with Crippen LogP contribution in [-0.4, -0.2) is 27.3 Å². The van der Waals surface area contributed by atoms with Gasteiger partial charge in [-0.25, -0.2) is 0 Å². The van der Waals surface area contributed by atoms with E-state index >= 15 is 0 Å². The Balaban J connectivity index is 1.94. The van der Waals surface area contributed by atoms with E-state index in [2.05, 4.69) is 34.2 Å². The number of carbonyl (C=O) groups is 1. The third-order valence-electron chi connectivity index (χ3n) is 4.80. The number of aromatic nitrogens is 2. The van der Waals surface area contributed by atoms with Crippen LogP contribution in [0.15, 0.2) is 55.0 Å². The lowest BCUT2D eigenvalue weighted by Crippen LogP contribution is -2.29. The Hall–Kier alpha value is -3.01. The Kier molecular flexibility index (Phi) is 3.80. The highest BCUT2D eigenvalue weighted by atomic mass is 16.2. The molecule has 4 heteroatoms. The fraction of sp³-hybridized carbons (Fsp3) is 0.190. The summed E-state index contributed by atoms with van der Waals surface area (Å²) in [5, 5.41) is 0. The molecule has 0 saturated carbocycles. The van der Waals surface area contributed by atoms with Crippen molar-refractivity contribution < 1.29 is 4.79 Å². The molecule has 124 valence electrons. The number of benzene rings is 1. The van der Waals surface area contributed by atoms with Crippen molar-refractivity contribution in [2.45, 2.75) is 20.4 Å². The molecule has 0 bridgehead atoms. The Morgan fingerprint density at radius 1 is 1.04 bits per heavy atom. The number of fused-ring (bicyclic) bond motifs is 3. The van der Waals surface area contributed by atoms with E-state index in [1.54, 1.807) is 18.6 Å². The number of aryl methyl sites for hydroxylation is 1. The molecule has 2 aromatic heterocycles. The van der Waals surface area contributed by atoms with Gasteiger partial charge in [-0.2, -0.15) is 0 Å². The molecule has 0 spiro atoms. The lowest BCUT2D eigenvalue weighted by molar-refractivity contribution is 0.0756. The van der Waals surface area contributed by atoms with Crippen molar-refractivity contribution in [3.8, 4) is 22.3 Å². The summed E-state index contributed by atoms with van der Waals surface area (Å²) in [6.45, 7) is 5.32. The van der Waals surface area contributed by atoms with Crippen LogP contribution in [0, 0.1) is 6.92 Å². The van der Waals surface area contributed by atoms with Crippen molar-refractivity contribution in [1.82, 2.24) is 14.9 Å². The second-order valence-corrected chi connectivity index (χ2v) is 6.25. The van der Waals surface area contributed by atoms with Gasteiger partial charge in [0.05, 0.1) is 5.56 Å². The molecule has 1 aliphatic rings. The molecule has 4 rings (SSSR count). The average Bonchev–Trinajstić information content (AvgIpc) is 2.77. The smallest absolute Gasteiger partial charge is 0.254 e. The van der Waals surface area contributed by atoms with Gasteiger partial charge >= 0.3 is 0 Å². The first-order valence-electron chi connectivity index (χ1n) is 8.47. The normalized spacial score (nSPS) is 13.2. The zero-order valence-corrected chi connectivity index (χ0v) is 14.4. The number of carbonyl (C=O) groups excluding carboxylic acids is 1. The van der Waals surface area contributed by atoms with Gasteiger partial charge in [0.15, 0.2) is 0 Å². The summed E-state index contributed by atoms with van der Waals surface area (Å²) in [7, 11) is 0. The van der Waals surface area contributed by atoms with Crippen molar-refractivity contribution in [2.75, 3.05) is 6.54 Å². The molecule has 4 nitrogen and oxygen atoms in total. The number of amides is 1. The highest BCUT2D eigenvalue weighted by molar-refractivity contribution is 6.02. The largest absolute Gasteiger partial charge is 0.335 e. The van der Waals surface area contributed by atoms with Gasteiger partial charge in [-0.05, 0) is 48.7 Å². The maximum atomic E-state index is 12.8. The molecule has 0 unspecified atom stereocenters. The minimum absolute atomic E-state index is 0.0650. The van der Waals surface area contributed by atoms with E-state index in [0.717, 1.165) is 39.1 Å². The van der Waals surface area contributed by atoms with E-state index in [4.69, 9.17) is 0 Å². The molecule has 0 fully saturated rings. The second kappa shape index (κ2) is 6.13. The van der Waals surface area contributed by atoms with Crippen LogP contribution in [0.2, 0.25) is 0 Å². The van der Waals surface area contributed by atoms with Crippen molar-refractivity contribution >= 4 is 5.91 Å². The molecular formula is C21H19N3O. The van der Waals surface area contributed by atoms with E-state index in [1.165, 1.54) is 0 Å². The van der Waals surface area contributed by atoms with Gasteiger partial charge in [0.25, 0.3) is 5.91 Å².